The average Bonchev–Trinajstić information content (AvgIpc) is 2.29. The maximum absolute atomic E-state index is 5.43. The highest BCUT2D eigenvalue weighted by atomic mass is 14.9. The van der Waals surface area contributed by atoms with Crippen LogP contribution in [0.1, 0.15) is 75.5 Å². The summed E-state index contributed by atoms with van der Waals surface area (Å²) < 4.78 is 0. The predicted octanol–water partition coefficient (Wildman–Crippen LogP) is 4.19. The van der Waals surface area contributed by atoms with Gasteiger partial charge in [0.05, 0.1) is 0 Å². The third-order valence-corrected chi connectivity index (χ3v) is 2.43. The van der Waals surface area contributed by atoms with Crippen LogP contribution in [-0.2, 0) is 0 Å². The van der Waals surface area contributed by atoms with Crippen LogP contribution in [0.15, 0.2) is 0 Å². The van der Waals surface area contributed by atoms with Crippen LogP contribution in [0.25, 0.3) is 0 Å². The summed E-state index contributed by atoms with van der Waals surface area (Å²) in [7, 11) is 0. The first kappa shape index (κ1) is 18.3. The summed E-state index contributed by atoms with van der Waals surface area (Å²) in [6.07, 6.45) is 9.38. The lowest BCUT2D eigenvalue weighted by molar-refractivity contribution is 0.530. The summed E-state index contributed by atoms with van der Waals surface area (Å²) in [5.74, 6) is 0. The van der Waals surface area contributed by atoms with E-state index in [1.807, 2.05) is 13.8 Å². The fourth-order valence-corrected chi connectivity index (χ4v) is 1.54. The number of unbranched alkanes of at least 4 members (excludes halogenated alkanes) is 6. The fraction of sp³-hybridized carbons (Fsp3) is 1.00. The third-order valence-electron chi connectivity index (χ3n) is 2.43. The molecule has 3 N–H and O–H groups in total. The lowest BCUT2D eigenvalue weighted by Gasteiger charge is -2.07. The number of nitrogens with two attached hydrogens (primary N) is 1. The largest absolute Gasteiger partial charge is 0.330 e. The van der Waals surface area contributed by atoms with E-state index in [-0.39, 0.29) is 2.85 Å². The van der Waals surface area contributed by atoms with E-state index in [9.17, 15) is 0 Å². The van der Waals surface area contributed by atoms with Gasteiger partial charge in [-0.2, -0.15) is 0 Å². The van der Waals surface area contributed by atoms with Crippen molar-refractivity contribution in [1.82, 2.24) is 5.32 Å². The van der Waals surface area contributed by atoms with Crippen molar-refractivity contribution in [1.29, 1.82) is 0 Å². The Morgan fingerprint density at radius 3 is 1.75 bits per heavy atom. The van der Waals surface area contributed by atoms with Crippen LogP contribution in [0, 0.1) is 0 Å². The van der Waals surface area contributed by atoms with Crippen molar-refractivity contribution in [2.75, 3.05) is 13.1 Å². The molecule has 2 heteroatoms. The molecule has 0 saturated carbocycles. The quantitative estimate of drug-likeness (QED) is 0.556. The van der Waals surface area contributed by atoms with Crippen molar-refractivity contribution < 1.29 is 2.85 Å². The first-order chi connectivity index (χ1) is 7.77. The lowest BCUT2D eigenvalue weighted by atomic mass is 10.1. The summed E-state index contributed by atoms with van der Waals surface area (Å²) in [4.78, 5) is 0. The maximum Gasteiger partial charge on any atom is 0.00103 e. The molecule has 0 radical (unpaired) electrons. The van der Waals surface area contributed by atoms with Crippen LogP contribution < -0.4 is 11.1 Å². The molecule has 0 amide bonds. The molecule has 0 aliphatic rings. The van der Waals surface area contributed by atoms with Gasteiger partial charge in [0.25, 0.3) is 0 Å². The zero-order valence-corrected chi connectivity index (χ0v) is 12.0. The van der Waals surface area contributed by atoms with Crippen LogP contribution in [0.4, 0.5) is 0 Å². The molecule has 0 bridgehead atoms. The van der Waals surface area contributed by atoms with Gasteiger partial charge in [-0.05, 0) is 25.9 Å². The second-order valence-corrected chi connectivity index (χ2v) is 4.37. The Morgan fingerprint density at radius 2 is 1.31 bits per heavy atom. The highest BCUT2D eigenvalue weighted by Gasteiger charge is 1.93. The molecule has 0 unspecified atom stereocenters. The highest BCUT2D eigenvalue weighted by molar-refractivity contribution is 4.53. The van der Waals surface area contributed by atoms with Crippen molar-refractivity contribution in [3.05, 3.63) is 0 Å². The normalized spacial score (nSPS) is 10.1. The monoisotopic (exact) mass is 234 g/mol. The zero-order valence-electron chi connectivity index (χ0n) is 12.0. The van der Waals surface area contributed by atoms with Gasteiger partial charge in [-0.3, -0.25) is 0 Å². The van der Waals surface area contributed by atoms with Gasteiger partial charge in [0.15, 0.2) is 0 Å². The molecule has 0 aromatic carbocycles. The number of rotatable bonds is 10. The van der Waals surface area contributed by atoms with E-state index in [1.54, 1.807) is 0 Å². The Morgan fingerprint density at radius 1 is 0.875 bits per heavy atom. The molecular formula is C14H38N2. The predicted molar refractivity (Wildman–Crippen MR) is 80.1 cm³/mol. The summed E-state index contributed by atoms with van der Waals surface area (Å²) in [5.41, 5.74) is 5.43. The van der Waals surface area contributed by atoms with Gasteiger partial charge >= 0.3 is 0 Å². The zero-order chi connectivity index (χ0) is 12.6. The van der Waals surface area contributed by atoms with Gasteiger partial charge in [0, 0.05) is 8.90 Å². The van der Waals surface area contributed by atoms with E-state index >= 15 is 0 Å². The summed E-state index contributed by atoms with van der Waals surface area (Å²) in [5, 5.41) is 3.44. The molecule has 16 heavy (non-hydrogen) atoms. The van der Waals surface area contributed by atoms with E-state index in [2.05, 4.69) is 19.2 Å². The van der Waals surface area contributed by atoms with Crippen molar-refractivity contribution >= 4 is 0 Å². The number of nitrogens with one attached hydrogen (secondary N) is 1. The summed E-state index contributed by atoms with van der Waals surface area (Å²) in [6.45, 7) is 10.4. The van der Waals surface area contributed by atoms with E-state index in [0.717, 1.165) is 6.54 Å². The average molecular weight is 234 g/mol. The molecule has 2 nitrogen and oxygen atoms in total. The minimum Gasteiger partial charge on any atom is -0.330 e. The Hall–Kier alpha value is -0.0800. The van der Waals surface area contributed by atoms with Crippen LogP contribution >= 0.6 is 0 Å². The van der Waals surface area contributed by atoms with Gasteiger partial charge in [0.1, 0.15) is 0 Å². The van der Waals surface area contributed by atoms with E-state index in [4.69, 9.17) is 5.73 Å². The summed E-state index contributed by atoms with van der Waals surface area (Å²) in [6, 6.07) is 0.638. The smallest absolute Gasteiger partial charge is 0.00103 e. The van der Waals surface area contributed by atoms with E-state index in [1.165, 1.54) is 51.5 Å². The Labute approximate surface area is 106 Å². The lowest BCUT2D eigenvalue weighted by Crippen LogP contribution is -2.23. The van der Waals surface area contributed by atoms with Gasteiger partial charge in [-0.1, -0.05) is 59.8 Å². The van der Waals surface area contributed by atoms with Crippen molar-refractivity contribution in [3.8, 4) is 0 Å². The molecule has 0 aromatic heterocycles. The maximum atomic E-state index is 5.43. The molecule has 0 heterocycles. The van der Waals surface area contributed by atoms with Crippen molar-refractivity contribution in [2.45, 2.75) is 78.7 Å². The molecule has 0 aliphatic carbocycles. The molecule has 0 aliphatic heterocycles. The van der Waals surface area contributed by atoms with Gasteiger partial charge in [0.2, 0.25) is 0 Å². The Kier molecular flexibility index (Phi) is 19.8. The van der Waals surface area contributed by atoms with Gasteiger partial charge in [-0.25, -0.2) is 0 Å². The minimum absolute atomic E-state index is 0. The molecule has 0 aromatic rings. The van der Waals surface area contributed by atoms with E-state index in [0.29, 0.717) is 6.04 Å². The highest BCUT2D eigenvalue weighted by Crippen LogP contribution is 2.06. The second kappa shape index (κ2) is 17.3. The standard InChI is InChI=1S/C12H28N2.C2H6.2H2/c1-12(2)14-11-9-7-5-3-4-6-8-10-13;1-2;;/h12,14H,3-11,13H2,1-2H3;1-2H3;2*1H. The van der Waals surface area contributed by atoms with Crippen LogP contribution in [0.3, 0.4) is 0 Å². The molecule has 104 valence electrons. The van der Waals surface area contributed by atoms with Gasteiger partial charge in [-0.15, -0.1) is 0 Å². The summed E-state index contributed by atoms with van der Waals surface area (Å²) >= 11 is 0. The van der Waals surface area contributed by atoms with Crippen molar-refractivity contribution in [2.24, 2.45) is 5.73 Å². The van der Waals surface area contributed by atoms with Crippen LogP contribution in [0.2, 0.25) is 0 Å². The molecular weight excluding hydrogens is 196 g/mol. The Bertz CT molecular complexity index is 112. The Balaban J connectivity index is -0.000000232. The topological polar surface area (TPSA) is 38.0 Å². The van der Waals surface area contributed by atoms with Crippen LogP contribution in [0.5, 0.6) is 0 Å². The molecule has 0 atom stereocenters. The molecule has 0 spiro atoms. The molecule has 0 fully saturated rings. The van der Waals surface area contributed by atoms with Gasteiger partial charge < -0.3 is 11.1 Å². The number of hydrogen-bond donors (Lipinski definition) is 2. The third kappa shape index (κ3) is 19.5. The SMILES string of the molecule is CC.CC(C)NCCCCCCCCCN.[HH].[HH]. The number of hydrogen-bond acceptors (Lipinski definition) is 2. The minimum atomic E-state index is 0. The molecule has 0 saturated heterocycles. The van der Waals surface area contributed by atoms with Crippen molar-refractivity contribution in [3.63, 3.8) is 0 Å². The second-order valence-electron chi connectivity index (χ2n) is 4.37. The molecule has 0 rings (SSSR count). The first-order valence-corrected chi connectivity index (χ1v) is 7.21. The first-order valence-electron chi connectivity index (χ1n) is 7.21. The fourth-order valence-electron chi connectivity index (χ4n) is 1.54. The van der Waals surface area contributed by atoms with Crippen LogP contribution in [-0.4, -0.2) is 19.1 Å². The van der Waals surface area contributed by atoms with E-state index < -0.39 is 0 Å².